The fraction of sp³-hybridized carbons (Fsp3) is 0.429. The maximum atomic E-state index is 4.82. The summed E-state index contributed by atoms with van der Waals surface area (Å²) in [7, 11) is 1.95. The third kappa shape index (κ3) is 2.55. The van der Waals surface area contributed by atoms with E-state index < -0.39 is 0 Å². The van der Waals surface area contributed by atoms with Gasteiger partial charge in [0.1, 0.15) is 0 Å². The molecule has 0 unspecified atom stereocenters. The van der Waals surface area contributed by atoms with Crippen LogP contribution in [0.15, 0.2) is 55.3 Å². The fourth-order valence-corrected chi connectivity index (χ4v) is 4.41. The second-order valence-corrected chi connectivity index (χ2v) is 7.22. The third-order valence-corrected chi connectivity index (χ3v) is 5.80. The molecule has 2 heteroatoms. The number of likely N-dealkylation sites (N-methyl/N-ethyl adjacent to an activating group) is 1. The number of hydrogen-bond acceptors (Lipinski definition) is 0. The van der Waals surface area contributed by atoms with Crippen LogP contribution in [-0.4, -0.2) is 18.1 Å². The number of para-hydroxylation sites is 1. The Labute approximate surface area is 139 Å². The molecule has 1 aliphatic carbocycles. The Morgan fingerprint density at radius 2 is 2.13 bits per heavy atom. The molecule has 1 heterocycles. The molecule has 0 saturated heterocycles. The van der Waals surface area contributed by atoms with Gasteiger partial charge in [-0.15, -0.1) is 12.6 Å². The highest BCUT2D eigenvalue weighted by Gasteiger charge is 2.41. The first-order valence-electron chi connectivity index (χ1n) is 8.46. The van der Waals surface area contributed by atoms with Crippen LogP contribution >= 0.6 is 0 Å². The standard InChI is InChI=1S/C21H27N2/c1-6-21(4)12-11-15(14(2)3)19(20(21)22-5)17-13-23-18-10-8-7-9-16(17)18/h6-10,13,15,19-20,23H,1-2,11-12H2,3-5H3/q-1/t15-,19+,20-,21-/m0/s1. The molecular weight excluding hydrogens is 280 g/mol. The van der Waals surface area contributed by atoms with Gasteiger partial charge < -0.3 is 10.3 Å². The van der Waals surface area contributed by atoms with Gasteiger partial charge in [0.25, 0.3) is 0 Å². The maximum Gasteiger partial charge on any atom is 0.0456 e. The number of nitrogens with one attached hydrogen (secondary N) is 1. The number of nitrogens with zero attached hydrogens (tertiary/aromatic N) is 1. The van der Waals surface area contributed by atoms with Crippen LogP contribution in [0.2, 0.25) is 0 Å². The van der Waals surface area contributed by atoms with Crippen molar-refractivity contribution in [2.24, 2.45) is 11.3 Å². The Bertz CT molecular complexity index is 726. The van der Waals surface area contributed by atoms with Crippen molar-refractivity contribution in [1.82, 2.24) is 4.98 Å². The molecule has 4 atom stereocenters. The van der Waals surface area contributed by atoms with Crippen molar-refractivity contribution in [2.45, 2.75) is 38.6 Å². The summed E-state index contributed by atoms with van der Waals surface area (Å²) in [5, 5.41) is 6.13. The lowest BCUT2D eigenvalue weighted by molar-refractivity contribution is 0.191. The summed E-state index contributed by atoms with van der Waals surface area (Å²) in [4.78, 5) is 3.44. The number of rotatable bonds is 4. The van der Waals surface area contributed by atoms with Gasteiger partial charge in [0, 0.05) is 17.1 Å². The third-order valence-electron chi connectivity index (χ3n) is 5.80. The second-order valence-electron chi connectivity index (χ2n) is 7.22. The summed E-state index contributed by atoms with van der Waals surface area (Å²) in [6, 6.07) is 8.78. The molecule has 1 N–H and O–H groups in total. The van der Waals surface area contributed by atoms with Gasteiger partial charge >= 0.3 is 0 Å². The minimum Gasteiger partial charge on any atom is -0.661 e. The Hall–Kier alpha value is -1.80. The van der Waals surface area contributed by atoms with E-state index in [9.17, 15) is 0 Å². The molecule has 23 heavy (non-hydrogen) atoms. The summed E-state index contributed by atoms with van der Waals surface area (Å²) in [6.45, 7) is 12.9. The van der Waals surface area contributed by atoms with E-state index in [-0.39, 0.29) is 11.5 Å². The maximum absolute atomic E-state index is 4.82. The summed E-state index contributed by atoms with van der Waals surface area (Å²) < 4.78 is 0. The minimum absolute atomic E-state index is 0.0454. The number of H-pyrrole nitrogens is 1. The molecule has 2 nitrogen and oxygen atoms in total. The summed E-state index contributed by atoms with van der Waals surface area (Å²) in [5.41, 5.74) is 3.88. The van der Waals surface area contributed by atoms with E-state index in [1.165, 1.54) is 22.0 Å². The average molecular weight is 307 g/mol. The molecule has 0 bridgehead atoms. The van der Waals surface area contributed by atoms with Gasteiger partial charge in [0.15, 0.2) is 0 Å². The molecule has 0 amide bonds. The molecule has 122 valence electrons. The number of aromatic nitrogens is 1. The largest absolute Gasteiger partial charge is 0.661 e. The Balaban J connectivity index is 2.16. The fourth-order valence-electron chi connectivity index (χ4n) is 4.41. The van der Waals surface area contributed by atoms with Crippen molar-refractivity contribution in [2.75, 3.05) is 7.05 Å². The van der Waals surface area contributed by atoms with Crippen molar-refractivity contribution >= 4 is 10.9 Å². The van der Waals surface area contributed by atoms with Crippen LogP contribution in [0.25, 0.3) is 16.2 Å². The summed E-state index contributed by atoms with van der Waals surface area (Å²) >= 11 is 0. The zero-order chi connectivity index (χ0) is 16.6. The smallest absolute Gasteiger partial charge is 0.0456 e. The number of aromatic amines is 1. The van der Waals surface area contributed by atoms with Crippen LogP contribution in [0, 0.1) is 11.3 Å². The predicted molar refractivity (Wildman–Crippen MR) is 100.0 cm³/mol. The highest BCUT2D eigenvalue weighted by Crippen LogP contribution is 2.53. The van der Waals surface area contributed by atoms with Crippen LogP contribution in [0.1, 0.15) is 38.2 Å². The van der Waals surface area contributed by atoms with E-state index >= 15 is 0 Å². The summed E-state index contributed by atoms with van der Waals surface area (Å²) in [6.07, 6.45) is 6.56. The lowest BCUT2D eigenvalue weighted by atomic mass is 9.59. The van der Waals surface area contributed by atoms with Crippen molar-refractivity contribution in [1.29, 1.82) is 0 Å². The zero-order valence-electron chi connectivity index (χ0n) is 14.5. The van der Waals surface area contributed by atoms with Crippen LogP contribution < -0.4 is 0 Å². The number of benzene rings is 1. The monoisotopic (exact) mass is 307 g/mol. The van der Waals surface area contributed by atoms with Crippen molar-refractivity contribution < 1.29 is 0 Å². The molecule has 1 aliphatic rings. The molecule has 1 saturated carbocycles. The van der Waals surface area contributed by atoms with Gasteiger partial charge in [-0.1, -0.05) is 43.4 Å². The Morgan fingerprint density at radius 1 is 1.39 bits per heavy atom. The first kappa shape index (κ1) is 16.1. The highest BCUT2D eigenvalue weighted by molar-refractivity contribution is 5.84. The van der Waals surface area contributed by atoms with Gasteiger partial charge in [-0.25, -0.2) is 0 Å². The second kappa shape index (κ2) is 6.01. The SMILES string of the molecule is C=C[C@@]1(C)CC[C@@H](C(=C)C)[C@H](c2c[nH]c3ccccc23)[C@@H]1[N-]C. The molecule has 3 rings (SSSR count). The highest BCUT2D eigenvalue weighted by atomic mass is 14.9. The van der Waals surface area contributed by atoms with Gasteiger partial charge in [0.05, 0.1) is 0 Å². The Morgan fingerprint density at radius 3 is 2.78 bits per heavy atom. The van der Waals surface area contributed by atoms with E-state index in [0.29, 0.717) is 11.8 Å². The topological polar surface area (TPSA) is 29.9 Å². The van der Waals surface area contributed by atoms with Crippen molar-refractivity contribution in [3.8, 4) is 0 Å². The molecule has 1 aromatic heterocycles. The van der Waals surface area contributed by atoms with Gasteiger partial charge in [0.2, 0.25) is 0 Å². The van der Waals surface area contributed by atoms with Gasteiger partial charge in [-0.05, 0) is 48.6 Å². The average Bonchev–Trinajstić information content (AvgIpc) is 2.97. The molecule has 2 aromatic rings. The van der Waals surface area contributed by atoms with Crippen LogP contribution in [0.5, 0.6) is 0 Å². The van der Waals surface area contributed by atoms with E-state index in [2.05, 4.69) is 68.5 Å². The van der Waals surface area contributed by atoms with Gasteiger partial charge in [-0.3, -0.25) is 0 Å². The van der Waals surface area contributed by atoms with Crippen LogP contribution in [0.3, 0.4) is 0 Å². The zero-order valence-corrected chi connectivity index (χ0v) is 14.5. The van der Waals surface area contributed by atoms with Crippen molar-refractivity contribution in [3.63, 3.8) is 0 Å². The first-order chi connectivity index (χ1) is 11.0. The van der Waals surface area contributed by atoms with E-state index in [0.717, 1.165) is 12.8 Å². The minimum atomic E-state index is 0.0454. The van der Waals surface area contributed by atoms with Crippen molar-refractivity contribution in [3.05, 3.63) is 66.1 Å². The summed E-state index contributed by atoms with van der Waals surface area (Å²) in [5.74, 6) is 0.821. The molecule has 1 fully saturated rings. The lowest BCUT2D eigenvalue weighted by Gasteiger charge is -2.55. The molecule has 0 spiro atoms. The number of hydrogen-bond donors (Lipinski definition) is 1. The quantitative estimate of drug-likeness (QED) is 0.692. The van der Waals surface area contributed by atoms with E-state index in [1.807, 2.05) is 7.05 Å². The van der Waals surface area contributed by atoms with Gasteiger partial charge in [-0.2, -0.15) is 7.05 Å². The molecule has 0 aliphatic heterocycles. The number of fused-ring (bicyclic) bond motifs is 1. The lowest BCUT2D eigenvalue weighted by Crippen LogP contribution is -2.43. The first-order valence-corrected chi connectivity index (χ1v) is 8.46. The number of allylic oxidation sites excluding steroid dienone is 1. The van der Waals surface area contributed by atoms with Crippen LogP contribution in [-0.2, 0) is 0 Å². The molecular formula is C21H27N2-. The Kier molecular flexibility index (Phi) is 4.20. The molecule has 1 aromatic carbocycles. The predicted octanol–water partition coefficient (Wildman–Crippen LogP) is 5.80. The normalized spacial score (nSPS) is 31.2. The van der Waals surface area contributed by atoms with E-state index in [4.69, 9.17) is 5.32 Å². The van der Waals surface area contributed by atoms with E-state index in [1.54, 1.807) is 0 Å². The van der Waals surface area contributed by atoms with Crippen LogP contribution in [0.4, 0.5) is 0 Å². The molecule has 0 radical (unpaired) electrons.